The van der Waals surface area contributed by atoms with Crippen molar-refractivity contribution in [2.24, 2.45) is 0 Å². The Hall–Kier alpha value is -1.56. The molecular weight excluding hydrogens is 216 g/mol. The van der Waals surface area contributed by atoms with Crippen LogP contribution in [0, 0.1) is 6.92 Å². The zero-order valence-corrected chi connectivity index (χ0v) is 11.2. The molecule has 0 saturated heterocycles. The fourth-order valence-electron chi connectivity index (χ4n) is 3.16. The monoisotopic (exact) mass is 236 g/mol. The van der Waals surface area contributed by atoms with Gasteiger partial charge in [0.05, 0.1) is 0 Å². The maximum absolute atomic E-state index is 2.37. The third kappa shape index (κ3) is 1.96. The summed E-state index contributed by atoms with van der Waals surface area (Å²) in [5.41, 5.74) is 7.53. The van der Waals surface area contributed by atoms with Crippen LogP contribution in [-0.4, -0.2) is 0 Å². The molecule has 0 heteroatoms. The minimum Gasteiger partial charge on any atom is -0.0648 e. The Kier molecular flexibility index (Phi) is 2.95. The van der Waals surface area contributed by atoms with Gasteiger partial charge >= 0.3 is 0 Å². The molecule has 0 nitrogen and oxygen atoms in total. The van der Waals surface area contributed by atoms with E-state index in [1.165, 1.54) is 29.5 Å². The van der Waals surface area contributed by atoms with Crippen molar-refractivity contribution in [1.29, 1.82) is 0 Å². The van der Waals surface area contributed by atoms with Gasteiger partial charge < -0.3 is 0 Å². The van der Waals surface area contributed by atoms with Gasteiger partial charge in [-0.2, -0.15) is 0 Å². The second kappa shape index (κ2) is 4.61. The van der Waals surface area contributed by atoms with Crippen molar-refractivity contribution in [2.45, 2.75) is 39.0 Å². The van der Waals surface area contributed by atoms with Gasteiger partial charge in [0.15, 0.2) is 0 Å². The van der Waals surface area contributed by atoms with Gasteiger partial charge in [-0.3, -0.25) is 0 Å². The van der Waals surface area contributed by atoms with E-state index in [4.69, 9.17) is 0 Å². The molecular formula is C18H20. The average molecular weight is 236 g/mol. The van der Waals surface area contributed by atoms with Gasteiger partial charge in [-0.15, -0.1) is 0 Å². The molecule has 92 valence electrons. The molecule has 0 radical (unpaired) electrons. The van der Waals surface area contributed by atoms with E-state index in [9.17, 15) is 0 Å². The highest BCUT2D eigenvalue weighted by atomic mass is 14.2. The van der Waals surface area contributed by atoms with E-state index in [2.05, 4.69) is 56.3 Å². The molecule has 0 amide bonds. The van der Waals surface area contributed by atoms with Gasteiger partial charge in [-0.25, -0.2) is 0 Å². The molecule has 0 fully saturated rings. The van der Waals surface area contributed by atoms with Crippen LogP contribution in [0.15, 0.2) is 42.5 Å². The van der Waals surface area contributed by atoms with Crippen LogP contribution in [0.4, 0.5) is 0 Å². The second-order valence-corrected chi connectivity index (χ2v) is 5.46. The van der Waals surface area contributed by atoms with E-state index in [0.29, 0.717) is 5.92 Å². The van der Waals surface area contributed by atoms with Crippen LogP contribution in [0.25, 0.3) is 0 Å². The van der Waals surface area contributed by atoms with E-state index in [1.807, 2.05) is 0 Å². The number of aryl methyl sites for hydroxylation is 1. The van der Waals surface area contributed by atoms with E-state index < -0.39 is 0 Å². The topological polar surface area (TPSA) is 0 Å². The Morgan fingerprint density at radius 2 is 1.83 bits per heavy atom. The number of fused-ring (bicyclic) bond motifs is 2. The molecule has 1 unspecified atom stereocenters. The van der Waals surface area contributed by atoms with E-state index in [0.717, 1.165) is 6.42 Å². The molecule has 0 N–H and O–H groups in total. The van der Waals surface area contributed by atoms with Crippen LogP contribution >= 0.6 is 0 Å². The van der Waals surface area contributed by atoms with Crippen molar-refractivity contribution in [1.82, 2.24) is 0 Å². The lowest BCUT2D eigenvalue weighted by Crippen LogP contribution is -2.01. The van der Waals surface area contributed by atoms with Gasteiger partial charge in [0.25, 0.3) is 0 Å². The summed E-state index contributed by atoms with van der Waals surface area (Å²) in [7, 11) is 0. The average Bonchev–Trinajstić information content (AvgIpc) is 2.54. The maximum Gasteiger partial charge on any atom is -0.00201 e. The summed E-state index contributed by atoms with van der Waals surface area (Å²) in [5.74, 6) is 0.685. The van der Waals surface area contributed by atoms with Crippen LogP contribution < -0.4 is 0 Å². The lowest BCUT2D eigenvalue weighted by Gasteiger charge is -2.15. The van der Waals surface area contributed by atoms with Crippen molar-refractivity contribution in [2.75, 3.05) is 0 Å². The van der Waals surface area contributed by atoms with Crippen molar-refractivity contribution >= 4 is 0 Å². The van der Waals surface area contributed by atoms with Gasteiger partial charge in [0.1, 0.15) is 0 Å². The van der Waals surface area contributed by atoms with Crippen LogP contribution in [0.1, 0.15) is 47.1 Å². The Labute approximate surface area is 110 Å². The highest BCUT2D eigenvalue weighted by Crippen LogP contribution is 2.33. The zero-order valence-electron chi connectivity index (χ0n) is 11.2. The Bertz CT molecular complexity index is 566. The lowest BCUT2D eigenvalue weighted by molar-refractivity contribution is 0.661. The van der Waals surface area contributed by atoms with Gasteiger partial charge in [0.2, 0.25) is 0 Å². The molecule has 0 bridgehead atoms. The molecule has 1 aliphatic carbocycles. The smallest absolute Gasteiger partial charge is 0.00201 e. The largest absolute Gasteiger partial charge is 0.0648 e. The molecule has 0 spiro atoms. The third-order valence-corrected chi connectivity index (χ3v) is 4.20. The fourth-order valence-corrected chi connectivity index (χ4v) is 3.16. The SMILES string of the molecule is CCC1Cc2ccc(C)cc2Cc2ccccc21. The molecule has 1 atom stereocenters. The van der Waals surface area contributed by atoms with Crippen molar-refractivity contribution in [3.8, 4) is 0 Å². The minimum atomic E-state index is 0.685. The summed E-state index contributed by atoms with van der Waals surface area (Å²) in [4.78, 5) is 0. The van der Waals surface area contributed by atoms with Crippen LogP contribution in [-0.2, 0) is 12.8 Å². The normalized spacial score (nSPS) is 17.8. The number of hydrogen-bond donors (Lipinski definition) is 0. The number of hydrogen-bond acceptors (Lipinski definition) is 0. The standard InChI is InChI=1S/C18H20/c1-3-14-11-15-9-8-13(2)10-17(15)12-16-6-4-5-7-18(14)16/h4-10,14H,3,11-12H2,1-2H3. The van der Waals surface area contributed by atoms with Crippen LogP contribution in [0.2, 0.25) is 0 Å². The van der Waals surface area contributed by atoms with Crippen LogP contribution in [0.3, 0.4) is 0 Å². The first-order chi connectivity index (χ1) is 8.78. The highest BCUT2D eigenvalue weighted by Gasteiger charge is 2.20. The summed E-state index contributed by atoms with van der Waals surface area (Å²) in [6.07, 6.45) is 3.52. The van der Waals surface area contributed by atoms with Crippen molar-refractivity contribution in [3.63, 3.8) is 0 Å². The van der Waals surface area contributed by atoms with E-state index >= 15 is 0 Å². The maximum atomic E-state index is 2.37. The van der Waals surface area contributed by atoms with E-state index in [-0.39, 0.29) is 0 Å². The van der Waals surface area contributed by atoms with Gasteiger partial charge in [-0.1, -0.05) is 55.0 Å². The molecule has 2 aromatic carbocycles. The molecule has 0 aromatic heterocycles. The molecule has 0 heterocycles. The van der Waals surface area contributed by atoms with Gasteiger partial charge in [-0.05, 0) is 54.4 Å². The first-order valence-corrected chi connectivity index (χ1v) is 6.94. The summed E-state index contributed by atoms with van der Waals surface area (Å²) in [5, 5.41) is 0. The molecule has 0 saturated carbocycles. The Morgan fingerprint density at radius 1 is 1.00 bits per heavy atom. The number of benzene rings is 2. The number of rotatable bonds is 1. The first-order valence-electron chi connectivity index (χ1n) is 6.94. The van der Waals surface area contributed by atoms with Crippen molar-refractivity contribution in [3.05, 3.63) is 70.3 Å². The summed E-state index contributed by atoms with van der Waals surface area (Å²) in [6, 6.07) is 15.9. The van der Waals surface area contributed by atoms with E-state index in [1.54, 1.807) is 11.1 Å². The predicted octanol–water partition coefficient (Wildman–Crippen LogP) is 4.64. The van der Waals surface area contributed by atoms with Crippen LogP contribution in [0.5, 0.6) is 0 Å². The molecule has 1 aliphatic rings. The Morgan fingerprint density at radius 3 is 2.67 bits per heavy atom. The highest BCUT2D eigenvalue weighted by molar-refractivity contribution is 5.43. The summed E-state index contributed by atoms with van der Waals surface area (Å²) >= 11 is 0. The molecule has 0 aliphatic heterocycles. The third-order valence-electron chi connectivity index (χ3n) is 4.20. The minimum absolute atomic E-state index is 0.685. The van der Waals surface area contributed by atoms with Crippen molar-refractivity contribution < 1.29 is 0 Å². The Balaban J connectivity index is 2.13. The molecule has 2 aromatic rings. The second-order valence-electron chi connectivity index (χ2n) is 5.46. The van der Waals surface area contributed by atoms with Gasteiger partial charge in [0, 0.05) is 0 Å². The quantitative estimate of drug-likeness (QED) is 0.677. The first kappa shape index (κ1) is 11.5. The molecule has 18 heavy (non-hydrogen) atoms. The predicted molar refractivity (Wildman–Crippen MR) is 77.2 cm³/mol. The fraction of sp³-hybridized carbons (Fsp3) is 0.333. The molecule has 3 rings (SSSR count). The summed E-state index contributed by atoms with van der Waals surface area (Å²) < 4.78 is 0. The zero-order chi connectivity index (χ0) is 12.5. The summed E-state index contributed by atoms with van der Waals surface area (Å²) in [6.45, 7) is 4.50. The lowest BCUT2D eigenvalue weighted by atomic mass is 9.89.